The third-order valence-electron chi connectivity index (χ3n) is 2.72. The van der Waals surface area contributed by atoms with Crippen LogP contribution in [0.5, 0.6) is 0 Å². The van der Waals surface area contributed by atoms with Crippen molar-refractivity contribution < 1.29 is 4.79 Å². The molecule has 13 heavy (non-hydrogen) atoms. The van der Waals surface area contributed by atoms with Gasteiger partial charge in [-0.3, -0.25) is 4.79 Å². The molecule has 2 unspecified atom stereocenters. The van der Waals surface area contributed by atoms with Crippen molar-refractivity contribution in [3.63, 3.8) is 0 Å². The average Bonchev–Trinajstić information content (AvgIpc) is 2.61. The standard InChI is InChI=1S/C10H18N2O/c1-2-6-12-10(13)9-5-3-4-8(9)7-11/h2,8-9H,1,3-7,11H2,(H,12,13). The van der Waals surface area contributed by atoms with E-state index in [-0.39, 0.29) is 11.8 Å². The van der Waals surface area contributed by atoms with E-state index in [1.807, 2.05) is 0 Å². The van der Waals surface area contributed by atoms with Crippen molar-refractivity contribution in [1.29, 1.82) is 0 Å². The zero-order valence-electron chi connectivity index (χ0n) is 7.96. The number of carbonyl (C=O) groups is 1. The second kappa shape index (κ2) is 5.02. The minimum atomic E-state index is 0.143. The first-order valence-corrected chi connectivity index (χ1v) is 4.88. The first kappa shape index (κ1) is 10.3. The van der Waals surface area contributed by atoms with E-state index >= 15 is 0 Å². The van der Waals surface area contributed by atoms with Crippen molar-refractivity contribution in [2.24, 2.45) is 17.6 Å². The lowest BCUT2D eigenvalue weighted by atomic mass is 9.95. The van der Waals surface area contributed by atoms with Crippen molar-refractivity contribution in [2.45, 2.75) is 19.3 Å². The van der Waals surface area contributed by atoms with Gasteiger partial charge in [0.25, 0.3) is 0 Å². The van der Waals surface area contributed by atoms with E-state index < -0.39 is 0 Å². The van der Waals surface area contributed by atoms with Crippen LogP contribution in [0.4, 0.5) is 0 Å². The molecule has 1 aliphatic rings. The maximum absolute atomic E-state index is 11.6. The molecule has 1 saturated carbocycles. The summed E-state index contributed by atoms with van der Waals surface area (Å²) in [5.74, 6) is 0.683. The summed E-state index contributed by atoms with van der Waals surface area (Å²) in [6, 6.07) is 0. The summed E-state index contributed by atoms with van der Waals surface area (Å²) in [6.45, 7) is 4.75. The molecule has 0 radical (unpaired) electrons. The van der Waals surface area contributed by atoms with Gasteiger partial charge in [-0.15, -0.1) is 6.58 Å². The second-order valence-corrected chi connectivity index (χ2v) is 3.57. The predicted molar refractivity (Wildman–Crippen MR) is 53.1 cm³/mol. The van der Waals surface area contributed by atoms with E-state index in [2.05, 4.69) is 11.9 Å². The van der Waals surface area contributed by atoms with E-state index in [4.69, 9.17) is 5.73 Å². The summed E-state index contributed by atoms with van der Waals surface area (Å²) in [7, 11) is 0. The fourth-order valence-electron chi connectivity index (χ4n) is 1.97. The van der Waals surface area contributed by atoms with Gasteiger partial charge in [0.05, 0.1) is 0 Å². The number of carbonyl (C=O) groups excluding carboxylic acids is 1. The Balaban J connectivity index is 2.40. The average molecular weight is 182 g/mol. The van der Waals surface area contributed by atoms with E-state index in [1.54, 1.807) is 6.08 Å². The molecule has 2 atom stereocenters. The van der Waals surface area contributed by atoms with Crippen molar-refractivity contribution in [3.05, 3.63) is 12.7 Å². The van der Waals surface area contributed by atoms with Gasteiger partial charge in [0.1, 0.15) is 0 Å². The van der Waals surface area contributed by atoms with Crippen LogP contribution in [0, 0.1) is 11.8 Å². The molecule has 0 aromatic carbocycles. The lowest BCUT2D eigenvalue weighted by Gasteiger charge is -2.16. The third-order valence-corrected chi connectivity index (χ3v) is 2.72. The fraction of sp³-hybridized carbons (Fsp3) is 0.700. The van der Waals surface area contributed by atoms with Gasteiger partial charge in [0, 0.05) is 12.5 Å². The molecule has 1 rings (SSSR count). The van der Waals surface area contributed by atoms with Crippen LogP contribution >= 0.6 is 0 Å². The molecule has 0 aliphatic heterocycles. The molecule has 0 heterocycles. The lowest BCUT2D eigenvalue weighted by molar-refractivity contribution is -0.125. The molecule has 3 heteroatoms. The van der Waals surface area contributed by atoms with Gasteiger partial charge < -0.3 is 11.1 Å². The van der Waals surface area contributed by atoms with Gasteiger partial charge >= 0.3 is 0 Å². The highest BCUT2D eigenvalue weighted by molar-refractivity contribution is 5.79. The van der Waals surface area contributed by atoms with Crippen LogP contribution in [0.25, 0.3) is 0 Å². The maximum atomic E-state index is 11.6. The zero-order chi connectivity index (χ0) is 9.68. The van der Waals surface area contributed by atoms with E-state index in [0.717, 1.165) is 19.3 Å². The Labute approximate surface area is 79.4 Å². The minimum Gasteiger partial charge on any atom is -0.352 e. The summed E-state index contributed by atoms with van der Waals surface area (Å²) >= 11 is 0. The van der Waals surface area contributed by atoms with Crippen LogP contribution in [0.1, 0.15) is 19.3 Å². The molecule has 1 amide bonds. The number of rotatable bonds is 4. The Bertz CT molecular complexity index is 191. The van der Waals surface area contributed by atoms with Crippen LogP contribution in [-0.2, 0) is 4.79 Å². The summed E-state index contributed by atoms with van der Waals surface area (Å²) in [5.41, 5.74) is 5.59. The number of hydrogen-bond acceptors (Lipinski definition) is 2. The molecule has 74 valence electrons. The Morgan fingerprint density at radius 3 is 3.00 bits per heavy atom. The van der Waals surface area contributed by atoms with E-state index in [9.17, 15) is 4.79 Å². The van der Waals surface area contributed by atoms with Gasteiger partial charge in [0.15, 0.2) is 0 Å². The predicted octanol–water partition coefficient (Wildman–Crippen LogP) is 0.664. The smallest absolute Gasteiger partial charge is 0.223 e. The molecule has 1 aliphatic carbocycles. The van der Waals surface area contributed by atoms with Crippen molar-refractivity contribution >= 4 is 5.91 Å². The van der Waals surface area contributed by atoms with Gasteiger partial charge in [-0.2, -0.15) is 0 Å². The normalized spacial score (nSPS) is 27.2. The Hall–Kier alpha value is -0.830. The first-order chi connectivity index (χ1) is 6.29. The van der Waals surface area contributed by atoms with Crippen molar-refractivity contribution in [1.82, 2.24) is 5.32 Å². The van der Waals surface area contributed by atoms with Crippen LogP contribution in [0.2, 0.25) is 0 Å². The molecule has 0 spiro atoms. The first-order valence-electron chi connectivity index (χ1n) is 4.88. The molecule has 0 saturated heterocycles. The number of amides is 1. The van der Waals surface area contributed by atoms with Crippen LogP contribution in [0.3, 0.4) is 0 Å². The molecule has 3 nitrogen and oxygen atoms in total. The molecule has 1 fully saturated rings. The SMILES string of the molecule is C=CCNC(=O)C1CCCC1CN. The van der Waals surface area contributed by atoms with E-state index in [0.29, 0.717) is 19.0 Å². The Morgan fingerprint density at radius 2 is 2.38 bits per heavy atom. The second-order valence-electron chi connectivity index (χ2n) is 3.57. The molecular formula is C10H18N2O. The maximum Gasteiger partial charge on any atom is 0.223 e. The number of hydrogen-bond donors (Lipinski definition) is 2. The summed E-state index contributed by atoms with van der Waals surface area (Å²) in [6.07, 6.45) is 4.92. The van der Waals surface area contributed by atoms with Crippen molar-refractivity contribution in [2.75, 3.05) is 13.1 Å². The summed E-state index contributed by atoms with van der Waals surface area (Å²) < 4.78 is 0. The van der Waals surface area contributed by atoms with Gasteiger partial charge in [-0.25, -0.2) is 0 Å². The third kappa shape index (κ3) is 2.56. The van der Waals surface area contributed by atoms with Crippen LogP contribution in [0.15, 0.2) is 12.7 Å². The Kier molecular flexibility index (Phi) is 3.96. The Morgan fingerprint density at radius 1 is 1.62 bits per heavy atom. The van der Waals surface area contributed by atoms with Crippen LogP contribution in [-0.4, -0.2) is 19.0 Å². The number of nitrogens with one attached hydrogen (secondary N) is 1. The highest BCUT2D eigenvalue weighted by Crippen LogP contribution is 2.30. The topological polar surface area (TPSA) is 55.1 Å². The summed E-state index contributed by atoms with van der Waals surface area (Å²) in [5, 5.41) is 2.83. The van der Waals surface area contributed by atoms with Gasteiger partial charge in [-0.05, 0) is 25.3 Å². The van der Waals surface area contributed by atoms with Gasteiger partial charge in [-0.1, -0.05) is 12.5 Å². The highest BCUT2D eigenvalue weighted by atomic mass is 16.1. The summed E-state index contributed by atoms with van der Waals surface area (Å²) in [4.78, 5) is 11.6. The lowest BCUT2D eigenvalue weighted by Crippen LogP contribution is -2.35. The van der Waals surface area contributed by atoms with E-state index in [1.165, 1.54) is 0 Å². The van der Waals surface area contributed by atoms with Gasteiger partial charge in [0.2, 0.25) is 5.91 Å². The molecule has 0 aromatic rings. The monoisotopic (exact) mass is 182 g/mol. The molecule has 0 bridgehead atoms. The molecule has 0 aromatic heterocycles. The quantitative estimate of drug-likeness (QED) is 0.628. The highest BCUT2D eigenvalue weighted by Gasteiger charge is 2.31. The molecular weight excluding hydrogens is 164 g/mol. The zero-order valence-corrected chi connectivity index (χ0v) is 7.96. The van der Waals surface area contributed by atoms with Crippen molar-refractivity contribution in [3.8, 4) is 0 Å². The largest absolute Gasteiger partial charge is 0.352 e. The minimum absolute atomic E-state index is 0.143. The molecule has 3 N–H and O–H groups in total. The number of nitrogens with two attached hydrogens (primary N) is 1. The fourth-order valence-corrected chi connectivity index (χ4v) is 1.97. The van der Waals surface area contributed by atoms with Crippen LogP contribution < -0.4 is 11.1 Å².